The maximum absolute atomic E-state index is 12.4. The van der Waals surface area contributed by atoms with E-state index in [-0.39, 0.29) is 5.56 Å². The van der Waals surface area contributed by atoms with E-state index in [1.807, 2.05) is 43.3 Å². The van der Waals surface area contributed by atoms with Crippen LogP contribution >= 0.6 is 31.9 Å². The average molecular weight is 477 g/mol. The van der Waals surface area contributed by atoms with Gasteiger partial charge in [0.1, 0.15) is 5.56 Å². The molecule has 3 rings (SSSR count). The Kier molecular flexibility index (Phi) is 5.44. The van der Waals surface area contributed by atoms with Crippen LogP contribution in [0.1, 0.15) is 15.9 Å². The van der Waals surface area contributed by atoms with Gasteiger partial charge in [-0.1, -0.05) is 34.1 Å². The highest BCUT2D eigenvalue weighted by atomic mass is 79.9. The third-order valence-electron chi connectivity index (χ3n) is 3.85. The molecule has 0 aliphatic rings. The smallest absolute Gasteiger partial charge is 0.347 e. The summed E-state index contributed by atoms with van der Waals surface area (Å²) < 4.78 is 6.78. The van der Waals surface area contributed by atoms with Crippen LogP contribution in [0, 0.1) is 0 Å². The molecule has 0 unspecified atom stereocenters. The number of carbonyl (C=O) groups is 1. The lowest BCUT2D eigenvalue weighted by atomic mass is 10.1. The molecular formula is C20H15Br2NO3. The molecule has 0 aliphatic heterocycles. The number of allylic oxidation sites excluding steroid dienone is 1. The van der Waals surface area contributed by atoms with Crippen molar-refractivity contribution in [3.63, 3.8) is 0 Å². The number of fused-ring (bicyclic) bond motifs is 1. The number of hydrogen-bond donors (Lipinski definition) is 0. The van der Waals surface area contributed by atoms with Gasteiger partial charge >= 0.3 is 5.63 Å². The number of halogens is 2. The average Bonchev–Trinajstić information content (AvgIpc) is 2.60. The molecule has 132 valence electrons. The van der Waals surface area contributed by atoms with E-state index in [0.717, 1.165) is 15.7 Å². The van der Waals surface area contributed by atoms with E-state index in [0.29, 0.717) is 15.4 Å². The van der Waals surface area contributed by atoms with Crippen LogP contribution in [0.25, 0.3) is 17.0 Å². The Balaban J connectivity index is 1.92. The number of rotatable bonds is 4. The highest BCUT2D eigenvalue weighted by Gasteiger charge is 2.13. The summed E-state index contributed by atoms with van der Waals surface area (Å²) in [6.07, 6.45) is 3.07. The molecule has 26 heavy (non-hydrogen) atoms. The number of ketones is 1. The summed E-state index contributed by atoms with van der Waals surface area (Å²) in [6.45, 7) is 0. The molecule has 1 aromatic heterocycles. The summed E-state index contributed by atoms with van der Waals surface area (Å²) in [6, 6.07) is 12.9. The first kappa shape index (κ1) is 18.6. The van der Waals surface area contributed by atoms with Gasteiger partial charge in [0.05, 0.1) is 4.47 Å². The normalized spacial score (nSPS) is 11.2. The molecule has 6 heteroatoms. The number of hydrogen-bond acceptors (Lipinski definition) is 4. The van der Waals surface area contributed by atoms with Gasteiger partial charge in [-0.15, -0.1) is 0 Å². The first-order valence-corrected chi connectivity index (χ1v) is 9.36. The van der Waals surface area contributed by atoms with Crippen molar-refractivity contribution >= 4 is 60.4 Å². The van der Waals surface area contributed by atoms with E-state index in [9.17, 15) is 9.59 Å². The van der Waals surface area contributed by atoms with Gasteiger partial charge in [-0.05, 0) is 57.9 Å². The Morgan fingerprint density at radius 1 is 1.08 bits per heavy atom. The van der Waals surface area contributed by atoms with E-state index >= 15 is 0 Å². The molecule has 0 saturated heterocycles. The number of carbonyl (C=O) groups excluding carboxylic acids is 1. The Morgan fingerprint density at radius 3 is 2.42 bits per heavy atom. The summed E-state index contributed by atoms with van der Waals surface area (Å²) in [5, 5.41) is 0.665. The summed E-state index contributed by atoms with van der Waals surface area (Å²) >= 11 is 6.74. The topological polar surface area (TPSA) is 50.5 Å². The molecule has 0 aliphatic carbocycles. The zero-order valence-electron chi connectivity index (χ0n) is 14.1. The Hall–Kier alpha value is -2.18. The largest absolute Gasteiger partial charge is 0.421 e. The summed E-state index contributed by atoms with van der Waals surface area (Å²) in [5.74, 6) is -0.395. The minimum atomic E-state index is -0.655. The number of nitrogens with zero attached hydrogens (tertiary/aromatic N) is 1. The minimum absolute atomic E-state index is 0.00339. The molecule has 4 nitrogen and oxygen atoms in total. The number of anilines is 1. The van der Waals surface area contributed by atoms with Crippen molar-refractivity contribution in [2.24, 2.45) is 0 Å². The lowest BCUT2D eigenvalue weighted by Gasteiger charge is -2.11. The van der Waals surface area contributed by atoms with Gasteiger partial charge in [0.15, 0.2) is 11.4 Å². The standard InChI is InChI=1S/C20H15Br2NO3/c1-23(2)15-6-3-12(4-7-15)5-8-18(24)16-10-13-9-14(21)11-17(22)19(13)26-20(16)25/h3-11H,1-2H3/b8-5+. The molecule has 0 bridgehead atoms. The molecule has 0 saturated carbocycles. The summed E-state index contributed by atoms with van der Waals surface area (Å²) in [4.78, 5) is 26.6. The van der Waals surface area contributed by atoms with Crippen LogP contribution in [0.15, 0.2) is 66.7 Å². The third kappa shape index (κ3) is 3.97. The van der Waals surface area contributed by atoms with Crippen LogP contribution < -0.4 is 10.5 Å². The predicted octanol–water partition coefficient (Wildman–Crippen LogP) is 5.28. The van der Waals surface area contributed by atoms with Crippen molar-refractivity contribution in [2.45, 2.75) is 0 Å². The van der Waals surface area contributed by atoms with Crippen molar-refractivity contribution in [1.29, 1.82) is 0 Å². The Bertz CT molecular complexity index is 1070. The van der Waals surface area contributed by atoms with Gasteiger partial charge in [-0.2, -0.15) is 0 Å². The molecule has 0 atom stereocenters. The van der Waals surface area contributed by atoms with Crippen molar-refractivity contribution in [3.8, 4) is 0 Å². The fourth-order valence-electron chi connectivity index (χ4n) is 2.47. The van der Waals surface area contributed by atoms with Crippen LogP contribution in [0.5, 0.6) is 0 Å². The zero-order valence-corrected chi connectivity index (χ0v) is 17.3. The lowest BCUT2D eigenvalue weighted by molar-refractivity contribution is 0.104. The minimum Gasteiger partial charge on any atom is -0.421 e. The van der Waals surface area contributed by atoms with Crippen molar-refractivity contribution < 1.29 is 9.21 Å². The van der Waals surface area contributed by atoms with E-state index in [1.165, 1.54) is 6.08 Å². The maximum Gasteiger partial charge on any atom is 0.347 e. The van der Waals surface area contributed by atoms with Crippen LogP contribution in [-0.4, -0.2) is 19.9 Å². The van der Waals surface area contributed by atoms with Gasteiger partial charge in [-0.25, -0.2) is 4.79 Å². The van der Waals surface area contributed by atoms with Crippen LogP contribution in [0.4, 0.5) is 5.69 Å². The van der Waals surface area contributed by atoms with Gasteiger partial charge in [0.25, 0.3) is 0 Å². The van der Waals surface area contributed by atoms with E-state index < -0.39 is 11.4 Å². The Morgan fingerprint density at radius 2 is 1.77 bits per heavy atom. The summed E-state index contributed by atoms with van der Waals surface area (Å²) in [7, 11) is 3.92. The molecule has 2 aromatic carbocycles. The fraction of sp³-hybridized carbons (Fsp3) is 0.100. The van der Waals surface area contributed by atoms with Crippen molar-refractivity contribution in [2.75, 3.05) is 19.0 Å². The second-order valence-corrected chi connectivity index (χ2v) is 7.71. The molecule has 0 fully saturated rings. The fourth-order valence-corrected chi connectivity index (χ4v) is 3.81. The van der Waals surface area contributed by atoms with Gasteiger partial charge in [0, 0.05) is 29.6 Å². The maximum atomic E-state index is 12.4. The zero-order chi connectivity index (χ0) is 18.8. The second-order valence-electron chi connectivity index (χ2n) is 5.94. The SMILES string of the molecule is CN(C)c1ccc(/C=C/C(=O)c2cc3cc(Br)cc(Br)c3oc2=O)cc1. The van der Waals surface area contributed by atoms with Crippen LogP contribution in [-0.2, 0) is 0 Å². The van der Waals surface area contributed by atoms with Gasteiger partial charge < -0.3 is 9.32 Å². The molecular weight excluding hydrogens is 462 g/mol. The third-order valence-corrected chi connectivity index (χ3v) is 4.90. The van der Waals surface area contributed by atoms with Gasteiger partial charge in [0.2, 0.25) is 0 Å². The molecule has 1 heterocycles. The summed E-state index contributed by atoms with van der Waals surface area (Å²) in [5.41, 5.74) is 1.71. The highest BCUT2D eigenvalue weighted by Crippen LogP contribution is 2.28. The first-order valence-electron chi connectivity index (χ1n) is 7.78. The lowest BCUT2D eigenvalue weighted by Crippen LogP contribution is -2.12. The molecule has 0 spiro atoms. The molecule has 0 amide bonds. The predicted molar refractivity (Wildman–Crippen MR) is 112 cm³/mol. The van der Waals surface area contributed by atoms with Crippen LogP contribution in [0.3, 0.4) is 0 Å². The highest BCUT2D eigenvalue weighted by molar-refractivity contribution is 9.11. The Labute approximate surface area is 167 Å². The van der Waals surface area contributed by atoms with Crippen molar-refractivity contribution in [1.82, 2.24) is 0 Å². The molecule has 0 radical (unpaired) electrons. The number of benzene rings is 2. The van der Waals surface area contributed by atoms with E-state index in [2.05, 4.69) is 31.9 Å². The van der Waals surface area contributed by atoms with E-state index in [4.69, 9.17) is 4.42 Å². The van der Waals surface area contributed by atoms with Crippen LogP contribution in [0.2, 0.25) is 0 Å². The van der Waals surface area contributed by atoms with Gasteiger partial charge in [-0.3, -0.25) is 4.79 Å². The first-order chi connectivity index (χ1) is 12.3. The quantitative estimate of drug-likeness (QED) is 0.292. The van der Waals surface area contributed by atoms with Crippen molar-refractivity contribution in [3.05, 3.63) is 79.0 Å². The molecule has 0 N–H and O–H groups in total. The molecule has 3 aromatic rings. The second kappa shape index (κ2) is 7.60. The monoisotopic (exact) mass is 475 g/mol. The van der Waals surface area contributed by atoms with E-state index in [1.54, 1.807) is 24.3 Å².